The molecule has 8 nitrogen and oxygen atoms in total. The fourth-order valence-electron chi connectivity index (χ4n) is 1.02. The molecule has 0 fully saturated rings. The number of rotatable bonds is 2. The lowest BCUT2D eigenvalue weighted by molar-refractivity contribution is 0.101. The van der Waals surface area contributed by atoms with Gasteiger partial charge in [0.2, 0.25) is 0 Å². The minimum atomic E-state index is -0.580. The van der Waals surface area contributed by atoms with Crippen LogP contribution in [0.1, 0.15) is 16.2 Å². The summed E-state index contributed by atoms with van der Waals surface area (Å²) in [5.41, 5.74) is 0.263. The molecule has 0 atom stereocenters. The van der Waals surface area contributed by atoms with Gasteiger partial charge in [-0.1, -0.05) is 0 Å². The minimum absolute atomic E-state index is 0.116. The van der Waals surface area contributed by atoms with E-state index in [1.807, 2.05) is 6.07 Å². The molecule has 2 heterocycles. The summed E-state index contributed by atoms with van der Waals surface area (Å²) in [6.45, 7) is 0. The number of anilines is 1. The highest BCUT2D eigenvalue weighted by Crippen LogP contribution is 2.09. The lowest BCUT2D eigenvalue weighted by Gasteiger charge is -2.01. The lowest BCUT2D eigenvalue weighted by atomic mass is 10.3. The van der Waals surface area contributed by atoms with Crippen molar-refractivity contribution in [1.82, 2.24) is 25.6 Å². The Morgan fingerprint density at radius 3 is 3.12 bits per heavy atom. The topological polar surface area (TPSA) is 120 Å². The number of amides is 1. The molecule has 2 rings (SSSR count). The van der Waals surface area contributed by atoms with Gasteiger partial charge in [0.25, 0.3) is 11.7 Å². The molecule has 8 heteroatoms. The van der Waals surface area contributed by atoms with E-state index in [4.69, 9.17) is 5.26 Å². The van der Waals surface area contributed by atoms with Crippen molar-refractivity contribution >= 4 is 11.7 Å². The van der Waals surface area contributed by atoms with Crippen LogP contribution in [-0.2, 0) is 0 Å². The number of pyridine rings is 1. The second-order valence-corrected chi connectivity index (χ2v) is 2.70. The van der Waals surface area contributed by atoms with Gasteiger partial charge in [-0.2, -0.15) is 10.5 Å². The van der Waals surface area contributed by atoms with Crippen LogP contribution in [0.15, 0.2) is 18.3 Å². The molecule has 0 aliphatic heterocycles. The summed E-state index contributed by atoms with van der Waals surface area (Å²) in [5.74, 6) is -0.529. The molecular weight excluding hydrogens is 210 g/mol. The molecule has 0 saturated heterocycles. The van der Waals surface area contributed by atoms with Crippen LogP contribution in [0, 0.1) is 11.3 Å². The summed E-state index contributed by atoms with van der Waals surface area (Å²) in [6, 6.07) is 5.05. The van der Waals surface area contributed by atoms with Crippen LogP contribution in [0.5, 0.6) is 0 Å². The summed E-state index contributed by atoms with van der Waals surface area (Å²) >= 11 is 0. The average molecular weight is 215 g/mol. The number of H-pyrrole nitrogens is 1. The van der Waals surface area contributed by atoms with Gasteiger partial charge in [-0.15, -0.1) is 10.2 Å². The summed E-state index contributed by atoms with van der Waals surface area (Å²) < 4.78 is 0. The first-order valence-corrected chi connectivity index (χ1v) is 4.21. The maximum absolute atomic E-state index is 11.5. The molecule has 16 heavy (non-hydrogen) atoms. The third-order valence-corrected chi connectivity index (χ3v) is 1.71. The first-order valence-electron chi connectivity index (χ1n) is 4.21. The summed E-state index contributed by atoms with van der Waals surface area (Å²) in [7, 11) is 0. The third kappa shape index (κ3) is 1.83. The molecule has 0 aromatic carbocycles. The molecule has 0 bridgehead atoms. The number of tetrazole rings is 1. The van der Waals surface area contributed by atoms with Crippen molar-refractivity contribution in [3.05, 3.63) is 29.7 Å². The summed E-state index contributed by atoms with van der Waals surface area (Å²) in [5, 5.41) is 23.6. The Morgan fingerprint density at radius 1 is 1.56 bits per heavy atom. The number of hydrogen-bond acceptors (Lipinski definition) is 6. The van der Waals surface area contributed by atoms with Crippen molar-refractivity contribution in [3.8, 4) is 6.07 Å². The van der Waals surface area contributed by atoms with Crippen molar-refractivity contribution in [2.24, 2.45) is 0 Å². The van der Waals surface area contributed by atoms with E-state index in [-0.39, 0.29) is 17.2 Å². The van der Waals surface area contributed by atoms with E-state index < -0.39 is 5.91 Å². The van der Waals surface area contributed by atoms with Crippen LogP contribution >= 0.6 is 0 Å². The normalized spacial score (nSPS) is 9.44. The van der Waals surface area contributed by atoms with Crippen LogP contribution in [0.4, 0.5) is 5.82 Å². The van der Waals surface area contributed by atoms with Gasteiger partial charge in [-0.25, -0.2) is 4.98 Å². The van der Waals surface area contributed by atoms with Crippen molar-refractivity contribution < 1.29 is 4.79 Å². The fraction of sp³-hybridized carbons (Fsp3) is 0. The molecule has 0 spiro atoms. The zero-order chi connectivity index (χ0) is 11.4. The Balaban J connectivity index is 2.22. The Labute approximate surface area is 89.3 Å². The zero-order valence-corrected chi connectivity index (χ0v) is 7.88. The number of aromatic nitrogens is 5. The van der Waals surface area contributed by atoms with E-state index in [1.54, 1.807) is 12.1 Å². The molecule has 2 aromatic heterocycles. The zero-order valence-electron chi connectivity index (χ0n) is 7.88. The highest BCUT2D eigenvalue weighted by Gasteiger charge is 2.13. The number of carbonyl (C=O) groups excluding carboxylic acids is 1. The monoisotopic (exact) mass is 215 g/mol. The molecule has 0 aliphatic rings. The quantitative estimate of drug-likeness (QED) is 0.710. The van der Waals surface area contributed by atoms with Gasteiger partial charge in [0.15, 0.2) is 5.82 Å². The van der Waals surface area contributed by atoms with E-state index in [1.165, 1.54) is 6.20 Å². The van der Waals surface area contributed by atoms with Crippen molar-refractivity contribution in [3.63, 3.8) is 0 Å². The van der Waals surface area contributed by atoms with E-state index >= 15 is 0 Å². The SMILES string of the molecule is N#Cc1cccnc1NC(=O)c1nn[nH]n1. The largest absolute Gasteiger partial charge is 0.303 e. The molecule has 0 radical (unpaired) electrons. The van der Waals surface area contributed by atoms with Crippen molar-refractivity contribution in [2.75, 3.05) is 5.32 Å². The van der Waals surface area contributed by atoms with Crippen molar-refractivity contribution in [1.29, 1.82) is 5.26 Å². The second kappa shape index (κ2) is 4.14. The van der Waals surface area contributed by atoms with Crippen LogP contribution in [-0.4, -0.2) is 31.5 Å². The van der Waals surface area contributed by atoms with Crippen LogP contribution in [0.2, 0.25) is 0 Å². The maximum atomic E-state index is 11.5. The number of hydrogen-bond donors (Lipinski definition) is 2. The molecule has 78 valence electrons. The predicted molar refractivity (Wildman–Crippen MR) is 51.1 cm³/mol. The number of aromatic amines is 1. The van der Waals surface area contributed by atoms with Crippen LogP contribution in [0.25, 0.3) is 0 Å². The first-order chi connectivity index (χ1) is 7.81. The predicted octanol–water partition coefficient (Wildman–Crippen LogP) is -0.281. The molecule has 0 aliphatic carbocycles. The number of nitriles is 1. The Morgan fingerprint density at radius 2 is 2.44 bits per heavy atom. The Kier molecular flexibility index (Phi) is 2.52. The van der Waals surface area contributed by atoms with Gasteiger partial charge in [-0.3, -0.25) is 4.79 Å². The van der Waals surface area contributed by atoms with Crippen LogP contribution in [0.3, 0.4) is 0 Å². The fourth-order valence-corrected chi connectivity index (χ4v) is 1.02. The minimum Gasteiger partial charge on any atom is -0.303 e. The second-order valence-electron chi connectivity index (χ2n) is 2.70. The van der Waals surface area contributed by atoms with Gasteiger partial charge in [-0.05, 0) is 17.3 Å². The van der Waals surface area contributed by atoms with E-state index in [0.717, 1.165) is 0 Å². The molecule has 2 aromatic rings. The maximum Gasteiger partial charge on any atom is 0.298 e. The molecule has 2 N–H and O–H groups in total. The standard InChI is InChI=1S/C8H5N7O/c9-4-5-2-1-3-10-6(5)11-8(16)7-12-14-15-13-7/h1-3H,(H,10,11,16)(H,12,13,14,15). The Hall–Kier alpha value is -2.82. The van der Waals surface area contributed by atoms with Crippen LogP contribution < -0.4 is 5.32 Å². The smallest absolute Gasteiger partial charge is 0.298 e. The van der Waals surface area contributed by atoms with Crippen molar-refractivity contribution in [2.45, 2.75) is 0 Å². The highest BCUT2D eigenvalue weighted by molar-refractivity contribution is 6.01. The van der Waals surface area contributed by atoms with E-state index in [2.05, 4.69) is 30.9 Å². The molecule has 1 amide bonds. The first kappa shape index (κ1) is 9.72. The number of nitrogens with one attached hydrogen (secondary N) is 2. The molecule has 0 unspecified atom stereocenters. The van der Waals surface area contributed by atoms with Gasteiger partial charge >= 0.3 is 0 Å². The van der Waals surface area contributed by atoms with E-state index in [9.17, 15) is 4.79 Å². The average Bonchev–Trinajstić information content (AvgIpc) is 2.83. The summed E-state index contributed by atoms with van der Waals surface area (Å²) in [6.07, 6.45) is 1.46. The van der Waals surface area contributed by atoms with E-state index in [0.29, 0.717) is 0 Å². The number of carbonyl (C=O) groups is 1. The Bertz CT molecular complexity index is 542. The van der Waals surface area contributed by atoms with Gasteiger partial charge in [0.05, 0.1) is 5.56 Å². The third-order valence-electron chi connectivity index (χ3n) is 1.71. The summed E-state index contributed by atoms with van der Waals surface area (Å²) in [4.78, 5) is 15.4. The molecular formula is C8H5N7O. The van der Waals surface area contributed by atoms with Gasteiger partial charge in [0, 0.05) is 6.20 Å². The van der Waals surface area contributed by atoms with Gasteiger partial charge in [0.1, 0.15) is 6.07 Å². The highest BCUT2D eigenvalue weighted by atomic mass is 16.2. The number of nitrogens with zero attached hydrogens (tertiary/aromatic N) is 5. The lowest BCUT2D eigenvalue weighted by Crippen LogP contribution is -2.15. The van der Waals surface area contributed by atoms with Gasteiger partial charge < -0.3 is 5.32 Å². The molecule has 0 saturated carbocycles.